The highest BCUT2D eigenvalue weighted by molar-refractivity contribution is 7.85. The van der Waals surface area contributed by atoms with E-state index in [0.29, 0.717) is 33.1 Å². The first-order valence-corrected chi connectivity index (χ1v) is 18.8. The van der Waals surface area contributed by atoms with Crippen LogP contribution in [0.25, 0.3) is 21.5 Å². The second-order valence-electron chi connectivity index (χ2n) is 12.7. The molecule has 286 valence electrons. The summed E-state index contributed by atoms with van der Waals surface area (Å²) >= 11 is 0. The quantitative estimate of drug-likeness (QED) is 0.0692. The number of phenolic OH excluding ortho intramolecular Hbond substituents is 1. The van der Waals surface area contributed by atoms with Crippen LogP contribution in [0.5, 0.6) is 17.2 Å². The molecule has 0 aromatic heterocycles. The molecule has 0 spiro atoms. The Balaban J connectivity index is 1.17. The van der Waals surface area contributed by atoms with Gasteiger partial charge in [0.2, 0.25) is 0 Å². The second kappa shape index (κ2) is 16.3. The SMILES string of the molecule is COc1ccc(Nc2ccc3c(O)c(N=Nc4cc(CO)c(N=Nc5ccc(N=Nc6ccccc6C)c6ccc(S(=O)(=O)O)cc56)cc4OC)ccc3c2)cc1. The molecule has 15 heteroatoms. The Morgan fingerprint density at radius 1 is 0.596 bits per heavy atom. The number of azo groups is 3. The van der Waals surface area contributed by atoms with Crippen LogP contribution in [0.15, 0.2) is 157 Å². The summed E-state index contributed by atoms with van der Waals surface area (Å²) in [6, 6.07) is 34.4. The van der Waals surface area contributed by atoms with Crippen LogP contribution < -0.4 is 14.8 Å². The molecule has 0 saturated heterocycles. The number of rotatable bonds is 12. The van der Waals surface area contributed by atoms with Gasteiger partial charge in [0.05, 0.1) is 48.5 Å². The molecule has 0 radical (unpaired) electrons. The van der Waals surface area contributed by atoms with Crippen molar-refractivity contribution in [2.45, 2.75) is 18.4 Å². The lowest BCUT2D eigenvalue weighted by Crippen LogP contribution is -1.97. The second-order valence-corrected chi connectivity index (χ2v) is 14.1. The molecule has 0 aliphatic rings. The normalized spacial score (nSPS) is 12.0. The number of fused-ring (bicyclic) bond motifs is 2. The van der Waals surface area contributed by atoms with E-state index in [-0.39, 0.29) is 39.1 Å². The van der Waals surface area contributed by atoms with Crippen LogP contribution >= 0.6 is 0 Å². The summed E-state index contributed by atoms with van der Waals surface area (Å²) in [6.07, 6.45) is 0. The molecule has 0 aliphatic heterocycles. The molecule has 0 saturated carbocycles. The molecule has 0 atom stereocenters. The molecular formula is C42H35N7O7S. The number of ether oxygens (including phenoxy) is 2. The van der Waals surface area contributed by atoms with Gasteiger partial charge >= 0.3 is 0 Å². The van der Waals surface area contributed by atoms with Crippen molar-refractivity contribution in [2.75, 3.05) is 19.5 Å². The Labute approximate surface area is 327 Å². The van der Waals surface area contributed by atoms with Crippen molar-refractivity contribution in [3.63, 3.8) is 0 Å². The number of aliphatic hydroxyl groups is 1. The number of phenols is 1. The third-order valence-electron chi connectivity index (χ3n) is 9.05. The van der Waals surface area contributed by atoms with E-state index in [1.807, 2.05) is 73.7 Å². The summed E-state index contributed by atoms with van der Waals surface area (Å²) in [5.74, 6) is 0.944. The van der Waals surface area contributed by atoms with E-state index >= 15 is 0 Å². The van der Waals surface area contributed by atoms with Crippen LogP contribution in [0.3, 0.4) is 0 Å². The Hall–Kier alpha value is -7.07. The van der Waals surface area contributed by atoms with Gasteiger partial charge in [-0.2, -0.15) is 18.6 Å². The average molecular weight is 782 g/mol. The van der Waals surface area contributed by atoms with E-state index in [9.17, 15) is 23.2 Å². The highest BCUT2D eigenvalue weighted by Gasteiger charge is 2.16. The molecule has 4 N–H and O–H groups in total. The van der Waals surface area contributed by atoms with Gasteiger partial charge in [0.1, 0.15) is 22.9 Å². The van der Waals surface area contributed by atoms with E-state index in [2.05, 4.69) is 36.0 Å². The van der Waals surface area contributed by atoms with Crippen LogP contribution in [0.4, 0.5) is 45.5 Å². The van der Waals surface area contributed by atoms with Crippen LogP contribution in [0.2, 0.25) is 0 Å². The smallest absolute Gasteiger partial charge is 0.294 e. The summed E-state index contributed by atoms with van der Waals surface area (Å²) in [6.45, 7) is 1.47. The summed E-state index contributed by atoms with van der Waals surface area (Å²) in [5.41, 5.74) is 5.03. The number of hydrogen-bond acceptors (Lipinski definition) is 13. The number of nitrogens with zero attached hydrogens (tertiary/aromatic N) is 6. The number of hydrogen-bond donors (Lipinski definition) is 4. The van der Waals surface area contributed by atoms with Crippen molar-refractivity contribution in [1.29, 1.82) is 0 Å². The fraction of sp³-hybridized carbons (Fsp3) is 0.0952. The summed E-state index contributed by atoms with van der Waals surface area (Å²) in [5, 5.41) is 53.1. The molecule has 0 bridgehead atoms. The Morgan fingerprint density at radius 3 is 1.93 bits per heavy atom. The highest BCUT2D eigenvalue weighted by Crippen LogP contribution is 2.42. The number of aliphatic hydroxyl groups excluding tert-OH is 1. The maximum atomic E-state index is 12.1. The Bertz CT molecular complexity index is 2840. The van der Waals surface area contributed by atoms with Crippen LogP contribution in [0, 0.1) is 6.92 Å². The minimum Gasteiger partial charge on any atom is -0.505 e. The Kier molecular flexibility index (Phi) is 11.0. The lowest BCUT2D eigenvalue weighted by molar-refractivity contribution is 0.282. The van der Waals surface area contributed by atoms with Crippen molar-refractivity contribution >= 4 is 77.2 Å². The molecule has 7 rings (SSSR count). The van der Waals surface area contributed by atoms with Gasteiger partial charge in [-0.05, 0) is 103 Å². The van der Waals surface area contributed by atoms with Gasteiger partial charge < -0.3 is 25.0 Å². The topological polar surface area (TPSA) is 199 Å². The standard InChI is InChI=1S/C42H35N7O7S/c1-25-6-4-5-7-35(25)44-45-36-18-19-37(34-22-31(57(52,53)54)14-16-33(34)36)46-48-39-23-41(56-3)40(21-27(39)24-50)49-47-38-17-8-26-20-29(11-15-32(26)42(38)51)43-28-9-12-30(55-2)13-10-28/h4-23,43,50-51H,24H2,1-3H3,(H,52,53,54). The number of anilines is 2. The van der Waals surface area contributed by atoms with Gasteiger partial charge in [-0.15, -0.1) is 20.5 Å². The third-order valence-corrected chi connectivity index (χ3v) is 9.90. The fourth-order valence-corrected chi connectivity index (χ4v) is 6.50. The largest absolute Gasteiger partial charge is 0.505 e. The van der Waals surface area contributed by atoms with E-state index in [4.69, 9.17) is 9.47 Å². The van der Waals surface area contributed by atoms with Crippen LogP contribution in [-0.2, 0) is 16.7 Å². The first-order chi connectivity index (χ1) is 27.5. The molecule has 0 aliphatic carbocycles. The predicted molar refractivity (Wildman–Crippen MR) is 218 cm³/mol. The summed E-state index contributed by atoms with van der Waals surface area (Å²) < 4.78 is 44.7. The molecule has 14 nitrogen and oxygen atoms in total. The zero-order chi connectivity index (χ0) is 40.1. The maximum Gasteiger partial charge on any atom is 0.294 e. The third kappa shape index (κ3) is 8.45. The van der Waals surface area contributed by atoms with Gasteiger partial charge in [0.15, 0.2) is 5.75 Å². The van der Waals surface area contributed by atoms with Crippen molar-refractivity contribution < 1.29 is 32.7 Å². The Morgan fingerprint density at radius 2 is 1.23 bits per heavy atom. The molecule has 0 amide bonds. The number of aromatic hydroxyl groups is 1. The summed E-state index contributed by atoms with van der Waals surface area (Å²) in [7, 11) is -1.50. The van der Waals surface area contributed by atoms with Crippen molar-refractivity contribution in [2.24, 2.45) is 30.7 Å². The van der Waals surface area contributed by atoms with Gasteiger partial charge in [-0.3, -0.25) is 4.55 Å². The molecule has 7 aromatic rings. The van der Waals surface area contributed by atoms with E-state index in [1.54, 1.807) is 31.4 Å². The first-order valence-electron chi connectivity index (χ1n) is 17.4. The summed E-state index contributed by atoms with van der Waals surface area (Å²) in [4.78, 5) is -0.337. The predicted octanol–water partition coefficient (Wildman–Crippen LogP) is 11.8. The highest BCUT2D eigenvalue weighted by atomic mass is 32.2. The first kappa shape index (κ1) is 38.2. The average Bonchev–Trinajstić information content (AvgIpc) is 3.22. The van der Waals surface area contributed by atoms with Crippen molar-refractivity contribution in [3.05, 3.63) is 132 Å². The molecule has 0 unspecified atom stereocenters. The van der Waals surface area contributed by atoms with Gasteiger partial charge in [0.25, 0.3) is 10.1 Å². The van der Waals surface area contributed by atoms with Crippen LogP contribution in [0.1, 0.15) is 11.1 Å². The minimum absolute atomic E-state index is 0.0638. The van der Waals surface area contributed by atoms with Gasteiger partial charge in [0, 0.05) is 39.2 Å². The van der Waals surface area contributed by atoms with Gasteiger partial charge in [-0.25, -0.2) is 0 Å². The number of methoxy groups -OCH3 is 2. The maximum absolute atomic E-state index is 12.1. The zero-order valence-corrected chi connectivity index (χ0v) is 31.6. The molecule has 0 fully saturated rings. The zero-order valence-electron chi connectivity index (χ0n) is 30.8. The van der Waals surface area contributed by atoms with E-state index < -0.39 is 16.7 Å². The number of aryl methyl sites for hydroxylation is 1. The number of nitrogens with one attached hydrogen (secondary N) is 1. The van der Waals surface area contributed by atoms with Crippen molar-refractivity contribution in [3.8, 4) is 17.2 Å². The molecule has 57 heavy (non-hydrogen) atoms. The van der Waals surface area contributed by atoms with Gasteiger partial charge in [-0.1, -0.05) is 30.3 Å². The monoisotopic (exact) mass is 781 g/mol. The van der Waals surface area contributed by atoms with Crippen molar-refractivity contribution in [1.82, 2.24) is 0 Å². The van der Waals surface area contributed by atoms with E-state index in [0.717, 1.165) is 28.1 Å². The van der Waals surface area contributed by atoms with Crippen LogP contribution in [-0.4, -0.2) is 37.4 Å². The number of benzene rings is 7. The lowest BCUT2D eigenvalue weighted by Gasteiger charge is -2.10. The fourth-order valence-electron chi connectivity index (χ4n) is 5.99. The minimum atomic E-state index is -4.55. The molecule has 0 heterocycles. The lowest BCUT2D eigenvalue weighted by atomic mass is 10.1. The molecular weight excluding hydrogens is 747 g/mol. The van der Waals surface area contributed by atoms with E-state index in [1.165, 1.54) is 37.4 Å². The molecule has 7 aromatic carbocycles.